The van der Waals surface area contributed by atoms with Gasteiger partial charge in [0.2, 0.25) is 0 Å². The Bertz CT molecular complexity index is 947. The summed E-state index contributed by atoms with van der Waals surface area (Å²) in [5.41, 5.74) is 2.19. The maximum atomic E-state index is 10.8. The molecule has 0 amide bonds. The van der Waals surface area contributed by atoms with Crippen LogP contribution in [-0.2, 0) is 11.8 Å². The minimum atomic E-state index is -0.638. The Morgan fingerprint density at radius 1 is 1.21 bits per heavy atom. The topological polar surface area (TPSA) is 89.4 Å². The molecule has 0 unspecified atom stereocenters. The van der Waals surface area contributed by atoms with Crippen molar-refractivity contribution in [2.45, 2.75) is 82.7 Å². The van der Waals surface area contributed by atoms with E-state index in [1.807, 2.05) is 6.08 Å². The molecule has 7 nitrogen and oxygen atoms in total. The van der Waals surface area contributed by atoms with Crippen molar-refractivity contribution in [2.24, 2.45) is 10.9 Å². The zero-order chi connectivity index (χ0) is 23.3. The number of benzene rings is 1. The summed E-state index contributed by atoms with van der Waals surface area (Å²) >= 11 is 0. The van der Waals surface area contributed by atoms with Gasteiger partial charge in [0.1, 0.15) is 12.2 Å². The van der Waals surface area contributed by atoms with Crippen LogP contribution in [0.5, 0.6) is 11.5 Å². The molecule has 2 bridgehead atoms. The highest BCUT2D eigenvalue weighted by Crippen LogP contribution is 2.62. The Morgan fingerprint density at radius 2 is 1.97 bits per heavy atom. The molecule has 4 N–H and O–H groups in total. The molecule has 7 heteroatoms. The van der Waals surface area contributed by atoms with Crippen molar-refractivity contribution in [2.75, 3.05) is 19.6 Å². The van der Waals surface area contributed by atoms with Gasteiger partial charge in [0.15, 0.2) is 17.5 Å². The number of phenols is 1. The first-order valence-electron chi connectivity index (χ1n) is 12.5. The van der Waals surface area contributed by atoms with Crippen molar-refractivity contribution < 1.29 is 14.9 Å². The number of hydrogen-bond donors (Lipinski definition) is 4. The third-order valence-corrected chi connectivity index (χ3v) is 7.71. The summed E-state index contributed by atoms with van der Waals surface area (Å²) in [5, 5.41) is 28.1. The van der Waals surface area contributed by atoms with E-state index < -0.39 is 6.10 Å². The number of phenolic OH excluding ortho intramolecular Hbond substituents is 1. The van der Waals surface area contributed by atoms with E-state index in [2.05, 4.69) is 55.4 Å². The Morgan fingerprint density at radius 3 is 2.70 bits per heavy atom. The molecule has 2 heterocycles. The second-order valence-electron chi connectivity index (χ2n) is 10.7. The first kappa shape index (κ1) is 22.5. The van der Waals surface area contributed by atoms with Gasteiger partial charge in [-0.3, -0.25) is 9.89 Å². The van der Waals surface area contributed by atoms with E-state index in [1.165, 1.54) is 5.56 Å². The van der Waals surface area contributed by atoms with Crippen LogP contribution in [0, 0.1) is 5.92 Å². The summed E-state index contributed by atoms with van der Waals surface area (Å²) in [6.07, 6.45) is 6.06. The molecule has 0 radical (unpaired) electrons. The van der Waals surface area contributed by atoms with Crippen LogP contribution < -0.4 is 15.4 Å². The summed E-state index contributed by atoms with van der Waals surface area (Å²) in [6.45, 7) is 11.3. The van der Waals surface area contributed by atoms with Crippen molar-refractivity contribution in [3.63, 3.8) is 0 Å². The van der Waals surface area contributed by atoms with E-state index in [0.29, 0.717) is 29.8 Å². The van der Waals surface area contributed by atoms with E-state index in [1.54, 1.807) is 6.07 Å². The van der Waals surface area contributed by atoms with Crippen molar-refractivity contribution in [3.8, 4) is 11.5 Å². The standard InChI is InChI=1S/C26H38N4O3/c1-15(2)28-25(29-16(3)4)27-11-5-12-30-13-10-26-18-7-9-21(32)24(26)33-23-20(31)8-6-17(22(23)26)14-19(18)30/h6-9,15-16,18-19,21,24,31-32H,5,10-14H2,1-4H3,(H2,27,28,29)/t18-,19+,21-,24-,26-/m0/s1. The number of nitrogens with zero attached hydrogens (tertiary/aromatic N) is 2. The zero-order valence-corrected chi connectivity index (χ0v) is 20.2. The van der Waals surface area contributed by atoms with Gasteiger partial charge in [-0.2, -0.15) is 0 Å². The second kappa shape index (κ2) is 8.51. The highest BCUT2D eigenvalue weighted by molar-refractivity contribution is 5.80. The van der Waals surface area contributed by atoms with E-state index in [-0.39, 0.29) is 17.3 Å². The lowest BCUT2D eigenvalue weighted by atomic mass is 9.53. The van der Waals surface area contributed by atoms with Crippen LogP contribution in [0.1, 0.15) is 51.7 Å². The van der Waals surface area contributed by atoms with Gasteiger partial charge in [-0.05, 0) is 65.1 Å². The second-order valence-corrected chi connectivity index (χ2v) is 10.7. The fraction of sp³-hybridized carbons (Fsp3) is 0.654. The van der Waals surface area contributed by atoms with Gasteiger partial charge < -0.3 is 25.6 Å². The summed E-state index contributed by atoms with van der Waals surface area (Å²) < 4.78 is 6.24. The number of hydrogen-bond acceptors (Lipinski definition) is 5. The molecule has 1 aromatic rings. The van der Waals surface area contributed by atoms with Gasteiger partial charge in [-0.25, -0.2) is 0 Å². The number of piperidine rings is 1. The van der Waals surface area contributed by atoms with Gasteiger partial charge >= 0.3 is 0 Å². The maximum Gasteiger partial charge on any atom is 0.191 e. The minimum absolute atomic E-state index is 0.197. The maximum absolute atomic E-state index is 10.8. The smallest absolute Gasteiger partial charge is 0.191 e. The lowest BCUT2D eigenvalue weighted by Gasteiger charge is -2.57. The van der Waals surface area contributed by atoms with Crippen LogP contribution in [0.2, 0.25) is 0 Å². The average Bonchev–Trinajstić information content (AvgIpc) is 3.10. The normalized spacial score (nSPS) is 31.4. The Hall–Kier alpha value is -2.25. The van der Waals surface area contributed by atoms with Crippen molar-refractivity contribution in [1.29, 1.82) is 0 Å². The largest absolute Gasteiger partial charge is 0.504 e. The molecule has 1 fully saturated rings. The Labute approximate surface area is 196 Å². The highest BCUT2D eigenvalue weighted by Gasteiger charge is 2.64. The molecule has 1 saturated heterocycles. The molecule has 0 saturated carbocycles. The number of rotatable bonds is 6. The molecule has 5 atom stereocenters. The molecule has 1 aromatic carbocycles. The summed E-state index contributed by atoms with van der Waals surface area (Å²) in [6, 6.07) is 4.87. The van der Waals surface area contributed by atoms with Crippen LogP contribution in [0.15, 0.2) is 29.3 Å². The SMILES string of the molecule is CC(C)NC(=NCCCN1CC[C@]23c4c5ccc(O)c4O[C@H]2[C@@H](O)C=C[C@H]3[C@H]1C5)NC(C)C. The number of aliphatic hydroxyl groups is 1. The van der Waals surface area contributed by atoms with E-state index in [4.69, 9.17) is 9.73 Å². The minimum Gasteiger partial charge on any atom is -0.504 e. The summed E-state index contributed by atoms with van der Waals surface area (Å²) in [7, 11) is 0. The first-order valence-corrected chi connectivity index (χ1v) is 12.5. The third kappa shape index (κ3) is 3.69. The fourth-order valence-corrected chi connectivity index (χ4v) is 6.55. The quantitative estimate of drug-likeness (QED) is 0.228. The number of aliphatic hydroxyl groups excluding tert-OH is 1. The van der Waals surface area contributed by atoms with Crippen LogP contribution >= 0.6 is 0 Å². The third-order valence-electron chi connectivity index (χ3n) is 7.71. The van der Waals surface area contributed by atoms with Gasteiger partial charge in [0.05, 0.1) is 0 Å². The molecule has 2 aliphatic carbocycles. The number of ether oxygens (including phenoxy) is 1. The molecule has 4 aliphatic rings. The zero-order valence-electron chi connectivity index (χ0n) is 20.2. The molecular weight excluding hydrogens is 416 g/mol. The molecule has 5 rings (SSSR count). The fourth-order valence-electron chi connectivity index (χ4n) is 6.55. The van der Waals surface area contributed by atoms with Crippen LogP contribution in [0.25, 0.3) is 0 Å². The molecule has 0 aromatic heterocycles. The average molecular weight is 455 g/mol. The van der Waals surface area contributed by atoms with Gasteiger partial charge in [0, 0.05) is 48.1 Å². The van der Waals surface area contributed by atoms with Crippen molar-refractivity contribution in [1.82, 2.24) is 15.5 Å². The van der Waals surface area contributed by atoms with Gasteiger partial charge in [-0.15, -0.1) is 0 Å². The van der Waals surface area contributed by atoms with E-state index in [0.717, 1.165) is 50.4 Å². The number of aromatic hydroxyl groups is 1. The number of aliphatic imine (C=N–C) groups is 1. The Kier molecular flexibility index (Phi) is 5.81. The van der Waals surface area contributed by atoms with E-state index >= 15 is 0 Å². The van der Waals surface area contributed by atoms with Crippen LogP contribution in [0.3, 0.4) is 0 Å². The summed E-state index contributed by atoms with van der Waals surface area (Å²) in [5.74, 6) is 1.98. The van der Waals surface area contributed by atoms with Crippen molar-refractivity contribution >= 4 is 5.96 Å². The van der Waals surface area contributed by atoms with Gasteiger partial charge in [0.25, 0.3) is 0 Å². The van der Waals surface area contributed by atoms with Gasteiger partial charge in [-0.1, -0.05) is 18.2 Å². The monoisotopic (exact) mass is 454 g/mol. The predicted molar refractivity (Wildman–Crippen MR) is 130 cm³/mol. The lowest BCUT2D eigenvalue weighted by molar-refractivity contribution is -0.0516. The lowest BCUT2D eigenvalue weighted by Crippen LogP contribution is -2.65. The number of guanidine groups is 1. The first-order chi connectivity index (χ1) is 15.8. The van der Waals surface area contributed by atoms with Crippen LogP contribution in [0.4, 0.5) is 0 Å². The molecular formula is C26H38N4O3. The number of nitrogens with one attached hydrogen (secondary N) is 2. The molecule has 1 spiro atoms. The van der Waals surface area contributed by atoms with Crippen molar-refractivity contribution in [3.05, 3.63) is 35.4 Å². The molecule has 180 valence electrons. The van der Waals surface area contributed by atoms with Crippen LogP contribution in [-0.4, -0.2) is 71.0 Å². The summed E-state index contributed by atoms with van der Waals surface area (Å²) in [4.78, 5) is 7.41. The molecule has 2 aliphatic heterocycles. The highest BCUT2D eigenvalue weighted by atomic mass is 16.5. The number of likely N-dealkylation sites (tertiary alicyclic amines) is 1. The molecule has 33 heavy (non-hydrogen) atoms. The van der Waals surface area contributed by atoms with E-state index in [9.17, 15) is 10.2 Å². The Balaban J connectivity index is 1.33. The predicted octanol–water partition coefficient (Wildman–Crippen LogP) is 2.31.